The lowest BCUT2D eigenvalue weighted by atomic mass is 10.2. The first-order chi connectivity index (χ1) is 9.76. The molecule has 5 nitrogen and oxygen atoms in total. The van der Waals surface area contributed by atoms with Crippen LogP contribution in [0.2, 0.25) is 0 Å². The normalized spacial score (nSPS) is 9.95. The molecule has 0 saturated heterocycles. The third-order valence-corrected chi connectivity index (χ3v) is 2.85. The Kier molecular flexibility index (Phi) is 4.65. The number of nitrogens with one attached hydrogen (secondary N) is 1. The van der Waals surface area contributed by atoms with E-state index in [1.54, 1.807) is 26.5 Å². The molecule has 1 heterocycles. The molecule has 5 heteroatoms. The molecule has 0 aliphatic heterocycles. The van der Waals surface area contributed by atoms with E-state index < -0.39 is 0 Å². The van der Waals surface area contributed by atoms with Crippen LogP contribution in [0, 0.1) is 0 Å². The smallest absolute Gasteiger partial charge is 0.132 e. The van der Waals surface area contributed by atoms with Crippen molar-refractivity contribution in [3.8, 4) is 17.2 Å². The third kappa shape index (κ3) is 3.32. The van der Waals surface area contributed by atoms with Crippen LogP contribution in [0.15, 0.2) is 36.5 Å². The molecule has 106 valence electrons. The zero-order chi connectivity index (χ0) is 14.4. The second-order valence-electron chi connectivity index (χ2n) is 4.10. The van der Waals surface area contributed by atoms with Crippen LogP contribution in [0.5, 0.6) is 17.2 Å². The van der Waals surface area contributed by atoms with Gasteiger partial charge in [0.2, 0.25) is 0 Å². The number of hydrogen-bond acceptors (Lipinski definition) is 5. The van der Waals surface area contributed by atoms with Gasteiger partial charge in [-0.1, -0.05) is 6.07 Å². The molecule has 20 heavy (non-hydrogen) atoms. The van der Waals surface area contributed by atoms with Crippen molar-refractivity contribution in [3.63, 3.8) is 0 Å². The average molecular weight is 274 g/mol. The maximum atomic E-state index is 5.78. The van der Waals surface area contributed by atoms with Gasteiger partial charge in [0, 0.05) is 37.0 Å². The Morgan fingerprint density at radius 1 is 1.05 bits per heavy atom. The molecule has 0 bridgehead atoms. The van der Waals surface area contributed by atoms with E-state index in [1.165, 1.54) is 0 Å². The number of methoxy groups -OCH3 is 2. The van der Waals surface area contributed by atoms with E-state index in [0.29, 0.717) is 23.9 Å². The van der Waals surface area contributed by atoms with Crippen molar-refractivity contribution in [1.29, 1.82) is 0 Å². The minimum Gasteiger partial charge on any atom is -0.496 e. The summed E-state index contributed by atoms with van der Waals surface area (Å²) >= 11 is 0. The van der Waals surface area contributed by atoms with Crippen molar-refractivity contribution >= 4 is 5.82 Å². The van der Waals surface area contributed by atoms with Gasteiger partial charge in [-0.25, -0.2) is 4.98 Å². The molecule has 0 atom stereocenters. The predicted molar refractivity (Wildman–Crippen MR) is 77.7 cm³/mol. The van der Waals surface area contributed by atoms with Crippen molar-refractivity contribution in [3.05, 3.63) is 42.1 Å². The first-order valence-electron chi connectivity index (χ1n) is 6.24. The molecule has 0 fully saturated rings. The van der Waals surface area contributed by atoms with Crippen molar-refractivity contribution in [1.82, 2.24) is 4.98 Å². The zero-order valence-corrected chi connectivity index (χ0v) is 11.8. The van der Waals surface area contributed by atoms with E-state index in [0.717, 1.165) is 11.4 Å². The van der Waals surface area contributed by atoms with Crippen LogP contribution in [-0.4, -0.2) is 26.3 Å². The number of benzene rings is 1. The number of aromatic nitrogens is 1. The summed E-state index contributed by atoms with van der Waals surface area (Å²) in [5, 5.41) is 3.04. The van der Waals surface area contributed by atoms with Gasteiger partial charge in [-0.2, -0.15) is 0 Å². The summed E-state index contributed by atoms with van der Waals surface area (Å²) in [5.41, 5.74) is 0.983. The molecule has 0 unspecified atom stereocenters. The number of anilines is 1. The number of ether oxygens (including phenoxy) is 3. The molecule has 1 aromatic heterocycles. The standard InChI is InChI=1S/C15H18N2O3/c1-16-15-11(5-4-6-17-15)10-20-14-8-12(18-2)7-13(9-14)19-3/h4-9H,10H2,1-3H3,(H,16,17). The lowest BCUT2D eigenvalue weighted by molar-refractivity contribution is 0.300. The van der Waals surface area contributed by atoms with Crippen LogP contribution in [0.4, 0.5) is 5.82 Å². The lowest BCUT2D eigenvalue weighted by Gasteiger charge is -2.12. The SMILES string of the molecule is CNc1ncccc1COc1cc(OC)cc(OC)c1. The Morgan fingerprint density at radius 2 is 1.70 bits per heavy atom. The molecule has 0 amide bonds. The van der Waals surface area contributed by atoms with Gasteiger partial charge in [-0.3, -0.25) is 0 Å². The van der Waals surface area contributed by atoms with Gasteiger partial charge in [-0.15, -0.1) is 0 Å². The quantitative estimate of drug-likeness (QED) is 0.877. The minimum atomic E-state index is 0.417. The van der Waals surface area contributed by atoms with Gasteiger partial charge >= 0.3 is 0 Å². The number of nitrogens with zero attached hydrogens (tertiary/aromatic N) is 1. The minimum absolute atomic E-state index is 0.417. The van der Waals surface area contributed by atoms with Crippen LogP contribution in [0.25, 0.3) is 0 Å². The number of hydrogen-bond donors (Lipinski definition) is 1. The molecule has 0 aliphatic carbocycles. The van der Waals surface area contributed by atoms with Crippen molar-refractivity contribution in [2.45, 2.75) is 6.61 Å². The van der Waals surface area contributed by atoms with E-state index in [2.05, 4.69) is 10.3 Å². The molecule has 0 saturated carbocycles. The topological polar surface area (TPSA) is 52.6 Å². The lowest BCUT2D eigenvalue weighted by Crippen LogP contribution is -2.02. The second kappa shape index (κ2) is 6.65. The second-order valence-corrected chi connectivity index (χ2v) is 4.10. The Hall–Kier alpha value is -2.43. The highest BCUT2D eigenvalue weighted by Gasteiger charge is 2.05. The number of pyridine rings is 1. The van der Waals surface area contributed by atoms with Crippen molar-refractivity contribution in [2.75, 3.05) is 26.6 Å². The summed E-state index contributed by atoms with van der Waals surface area (Å²) in [7, 11) is 5.05. The van der Waals surface area contributed by atoms with Gasteiger partial charge in [0.15, 0.2) is 0 Å². The molecular formula is C15H18N2O3. The molecule has 2 aromatic rings. The van der Waals surface area contributed by atoms with E-state index in [9.17, 15) is 0 Å². The summed E-state index contributed by atoms with van der Waals surface area (Å²) in [4.78, 5) is 4.24. The summed E-state index contributed by atoms with van der Waals surface area (Å²) in [6, 6.07) is 9.29. The predicted octanol–water partition coefficient (Wildman–Crippen LogP) is 2.72. The molecule has 0 radical (unpaired) electrons. The molecule has 0 spiro atoms. The van der Waals surface area contributed by atoms with Gasteiger partial charge in [0.25, 0.3) is 0 Å². The fraction of sp³-hybridized carbons (Fsp3) is 0.267. The monoisotopic (exact) mass is 274 g/mol. The Bertz CT molecular complexity index is 551. The molecule has 2 rings (SSSR count). The average Bonchev–Trinajstić information content (AvgIpc) is 2.52. The third-order valence-electron chi connectivity index (χ3n) is 2.85. The Morgan fingerprint density at radius 3 is 2.30 bits per heavy atom. The highest BCUT2D eigenvalue weighted by Crippen LogP contribution is 2.28. The maximum Gasteiger partial charge on any atom is 0.132 e. The summed E-state index contributed by atoms with van der Waals surface area (Å²) in [6.07, 6.45) is 1.74. The van der Waals surface area contributed by atoms with Gasteiger partial charge in [-0.05, 0) is 6.07 Å². The van der Waals surface area contributed by atoms with Gasteiger partial charge < -0.3 is 19.5 Å². The first kappa shape index (κ1) is 14.0. The van der Waals surface area contributed by atoms with Crippen LogP contribution < -0.4 is 19.5 Å². The highest BCUT2D eigenvalue weighted by atomic mass is 16.5. The number of rotatable bonds is 6. The largest absolute Gasteiger partial charge is 0.496 e. The first-order valence-corrected chi connectivity index (χ1v) is 6.24. The van der Waals surface area contributed by atoms with E-state index in [4.69, 9.17) is 14.2 Å². The summed E-state index contributed by atoms with van der Waals surface area (Å²) in [6.45, 7) is 0.417. The van der Waals surface area contributed by atoms with Crippen LogP contribution in [0.1, 0.15) is 5.56 Å². The van der Waals surface area contributed by atoms with E-state index in [1.807, 2.05) is 31.3 Å². The summed E-state index contributed by atoms with van der Waals surface area (Å²) in [5.74, 6) is 2.88. The maximum absolute atomic E-state index is 5.78. The summed E-state index contributed by atoms with van der Waals surface area (Å²) < 4.78 is 16.2. The van der Waals surface area contributed by atoms with Crippen molar-refractivity contribution in [2.24, 2.45) is 0 Å². The van der Waals surface area contributed by atoms with Crippen molar-refractivity contribution < 1.29 is 14.2 Å². The Balaban J connectivity index is 2.14. The van der Waals surface area contributed by atoms with Crippen LogP contribution in [-0.2, 0) is 6.61 Å². The fourth-order valence-electron chi connectivity index (χ4n) is 1.81. The molecular weight excluding hydrogens is 256 g/mol. The van der Waals surface area contributed by atoms with E-state index in [-0.39, 0.29) is 0 Å². The molecule has 0 aliphatic rings. The van der Waals surface area contributed by atoms with Gasteiger partial charge in [0.05, 0.1) is 14.2 Å². The van der Waals surface area contributed by atoms with Crippen LogP contribution >= 0.6 is 0 Å². The highest BCUT2D eigenvalue weighted by molar-refractivity contribution is 5.44. The Labute approximate surface area is 118 Å². The van der Waals surface area contributed by atoms with E-state index >= 15 is 0 Å². The molecule has 1 N–H and O–H groups in total. The fourth-order valence-corrected chi connectivity index (χ4v) is 1.81. The van der Waals surface area contributed by atoms with Crippen LogP contribution in [0.3, 0.4) is 0 Å². The van der Waals surface area contributed by atoms with Gasteiger partial charge in [0.1, 0.15) is 29.7 Å². The zero-order valence-electron chi connectivity index (χ0n) is 11.8. The molecule has 1 aromatic carbocycles.